The van der Waals surface area contributed by atoms with Crippen LogP contribution in [0.25, 0.3) is 0 Å². The van der Waals surface area contributed by atoms with E-state index in [1.165, 1.54) is 37.7 Å². The van der Waals surface area contributed by atoms with Crippen molar-refractivity contribution in [3.05, 3.63) is 53.7 Å². The number of anilines is 1. The lowest BCUT2D eigenvalue weighted by Crippen LogP contribution is -2.37. The van der Waals surface area contributed by atoms with Crippen molar-refractivity contribution in [1.29, 1.82) is 0 Å². The molecule has 1 aromatic carbocycles. The van der Waals surface area contributed by atoms with Crippen LogP contribution in [0.2, 0.25) is 0 Å². The van der Waals surface area contributed by atoms with E-state index >= 15 is 0 Å². The second kappa shape index (κ2) is 9.18. The summed E-state index contributed by atoms with van der Waals surface area (Å²) < 4.78 is 0. The predicted molar refractivity (Wildman–Crippen MR) is 111 cm³/mol. The number of amides is 1. The van der Waals surface area contributed by atoms with Crippen LogP contribution in [0.5, 0.6) is 0 Å². The van der Waals surface area contributed by atoms with E-state index in [0.29, 0.717) is 11.7 Å². The van der Waals surface area contributed by atoms with E-state index in [-0.39, 0.29) is 5.91 Å². The fraction of sp³-hybridized carbons (Fsp3) is 0.522. The lowest BCUT2D eigenvalue weighted by atomic mass is 9.90. The molecule has 0 unspecified atom stereocenters. The standard InChI is InChI=1S/C23H30N4O/c28-23(24-20-9-5-2-6-10-20)21-11-12-22(26-25-21)27-15-13-19(14-16-27)17-18-7-3-1-4-8-18/h1,3-4,7-8,11-12,19-20H,2,5-6,9-10,13-17H2,(H,24,28). The van der Waals surface area contributed by atoms with Crippen LogP contribution in [0.15, 0.2) is 42.5 Å². The van der Waals surface area contributed by atoms with E-state index in [0.717, 1.165) is 44.1 Å². The normalized spacial score (nSPS) is 18.8. The maximum atomic E-state index is 12.4. The second-order valence-electron chi connectivity index (χ2n) is 8.21. The van der Waals surface area contributed by atoms with Gasteiger partial charge in [-0.2, -0.15) is 0 Å². The topological polar surface area (TPSA) is 58.1 Å². The number of hydrogen-bond acceptors (Lipinski definition) is 4. The highest BCUT2D eigenvalue weighted by molar-refractivity contribution is 5.92. The summed E-state index contributed by atoms with van der Waals surface area (Å²) in [6, 6.07) is 14.8. The zero-order valence-electron chi connectivity index (χ0n) is 16.5. The van der Waals surface area contributed by atoms with Crippen molar-refractivity contribution in [2.75, 3.05) is 18.0 Å². The molecular weight excluding hydrogens is 348 g/mol. The SMILES string of the molecule is O=C(NC1CCCCC1)c1ccc(N2CCC(Cc3ccccc3)CC2)nn1. The molecular formula is C23H30N4O. The molecule has 1 saturated heterocycles. The van der Waals surface area contributed by atoms with Crippen LogP contribution in [0.4, 0.5) is 5.82 Å². The molecule has 0 spiro atoms. The minimum Gasteiger partial charge on any atom is -0.355 e. The molecule has 2 aliphatic rings. The Morgan fingerprint density at radius 2 is 1.68 bits per heavy atom. The highest BCUT2D eigenvalue weighted by atomic mass is 16.2. The number of rotatable bonds is 5. The van der Waals surface area contributed by atoms with E-state index in [9.17, 15) is 4.79 Å². The van der Waals surface area contributed by atoms with Gasteiger partial charge in [0.05, 0.1) is 0 Å². The molecule has 1 aliphatic heterocycles. The largest absolute Gasteiger partial charge is 0.355 e. The van der Waals surface area contributed by atoms with Gasteiger partial charge in [-0.3, -0.25) is 4.79 Å². The summed E-state index contributed by atoms with van der Waals surface area (Å²) in [6.07, 6.45) is 9.33. The first kappa shape index (κ1) is 18.9. The van der Waals surface area contributed by atoms with Crippen molar-refractivity contribution in [2.45, 2.75) is 57.4 Å². The maximum absolute atomic E-state index is 12.4. The summed E-state index contributed by atoms with van der Waals surface area (Å²) in [5.41, 5.74) is 1.85. The van der Waals surface area contributed by atoms with E-state index in [1.807, 2.05) is 12.1 Å². The van der Waals surface area contributed by atoms with Crippen LogP contribution >= 0.6 is 0 Å². The molecule has 148 valence electrons. The first-order chi connectivity index (χ1) is 13.8. The van der Waals surface area contributed by atoms with Crippen LogP contribution in [0.3, 0.4) is 0 Å². The average Bonchev–Trinajstić information content (AvgIpc) is 2.76. The van der Waals surface area contributed by atoms with Crippen LogP contribution < -0.4 is 10.2 Å². The lowest BCUT2D eigenvalue weighted by molar-refractivity contribution is 0.0921. The third kappa shape index (κ3) is 4.89. The number of hydrogen-bond donors (Lipinski definition) is 1. The number of carbonyl (C=O) groups excluding carboxylic acids is 1. The Morgan fingerprint density at radius 1 is 0.929 bits per heavy atom. The molecule has 4 rings (SSSR count). The monoisotopic (exact) mass is 378 g/mol. The minimum absolute atomic E-state index is 0.0903. The van der Waals surface area contributed by atoms with Gasteiger partial charge in [-0.05, 0) is 55.7 Å². The number of nitrogens with zero attached hydrogens (tertiary/aromatic N) is 3. The lowest BCUT2D eigenvalue weighted by Gasteiger charge is -2.32. The molecule has 0 atom stereocenters. The first-order valence-electron chi connectivity index (χ1n) is 10.7. The molecule has 5 heteroatoms. The number of piperidine rings is 1. The van der Waals surface area contributed by atoms with Crippen molar-refractivity contribution in [2.24, 2.45) is 5.92 Å². The third-order valence-electron chi connectivity index (χ3n) is 6.13. The van der Waals surface area contributed by atoms with Crippen molar-refractivity contribution in [3.8, 4) is 0 Å². The van der Waals surface area contributed by atoms with Gasteiger partial charge in [0.25, 0.3) is 5.91 Å². The van der Waals surface area contributed by atoms with Gasteiger partial charge >= 0.3 is 0 Å². The van der Waals surface area contributed by atoms with Crippen molar-refractivity contribution in [3.63, 3.8) is 0 Å². The van der Waals surface area contributed by atoms with Gasteiger partial charge in [0, 0.05) is 19.1 Å². The summed E-state index contributed by atoms with van der Waals surface area (Å²) in [7, 11) is 0. The van der Waals surface area contributed by atoms with Gasteiger partial charge in [-0.15, -0.1) is 10.2 Å². The third-order valence-corrected chi connectivity index (χ3v) is 6.13. The Labute approximate surface area is 167 Å². The zero-order chi connectivity index (χ0) is 19.2. The molecule has 28 heavy (non-hydrogen) atoms. The van der Waals surface area contributed by atoms with Gasteiger partial charge in [0.1, 0.15) is 0 Å². The van der Waals surface area contributed by atoms with E-state index in [1.54, 1.807) is 0 Å². The van der Waals surface area contributed by atoms with Crippen LogP contribution in [0, 0.1) is 5.92 Å². The Morgan fingerprint density at radius 3 is 2.36 bits per heavy atom. The Kier molecular flexibility index (Phi) is 6.20. The molecule has 0 bridgehead atoms. The summed E-state index contributed by atoms with van der Waals surface area (Å²) in [6.45, 7) is 2.00. The molecule has 2 fully saturated rings. The summed E-state index contributed by atoms with van der Waals surface area (Å²) in [4.78, 5) is 14.7. The molecule has 1 amide bonds. The van der Waals surface area contributed by atoms with Crippen molar-refractivity contribution < 1.29 is 4.79 Å². The number of benzene rings is 1. The van der Waals surface area contributed by atoms with Gasteiger partial charge < -0.3 is 10.2 Å². The molecule has 1 aromatic heterocycles. The van der Waals surface area contributed by atoms with E-state index < -0.39 is 0 Å². The molecule has 5 nitrogen and oxygen atoms in total. The summed E-state index contributed by atoms with van der Waals surface area (Å²) >= 11 is 0. The van der Waals surface area contributed by atoms with Gasteiger partial charge in [0.2, 0.25) is 0 Å². The molecule has 1 aliphatic carbocycles. The molecule has 1 saturated carbocycles. The quantitative estimate of drug-likeness (QED) is 0.854. The van der Waals surface area contributed by atoms with Crippen molar-refractivity contribution >= 4 is 11.7 Å². The first-order valence-corrected chi connectivity index (χ1v) is 10.7. The zero-order valence-corrected chi connectivity index (χ0v) is 16.5. The van der Waals surface area contributed by atoms with Gasteiger partial charge in [0.15, 0.2) is 11.5 Å². The number of carbonyl (C=O) groups is 1. The van der Waals surface area contributed by atoms with Gasteiger partial charge in [-0.25, -0.2) is 0 Å². The Bertz CT molecular complexity index is 748. The molecule has 2 heterocycles. The fourth-order valence-corrected chi connectivity index (χ4v) is 4.43. The number of nitrogens with one attached hydrogen (secondary N) is 1. The summed E-state index contributed by atoms with van der Waals surface area (Å²) in [5.74, 6) is 1.52. The van der Waals surface area contributed by atoms with E-state index in [2.05, 4.69) is 50.7 Å². The fourth-order valence-electron chi connectivity index (χ4n) is 4.43. The van der Waals surface area contributed by atoms with Crippen LogP contribution in [-0.4, -0.2) is 35.2 Å². The van der Waals surface area contributed by atoms with Crippen LogP contribution in [-0.2, 0) is 6.42 Å². The smallest absolute Gasteiger partial charge is 0.272 e. The molecule has 0 radical (unpaired) electrons. The van der Waals surface area contributed by atoms with Crippen molar-refractivity contribution in [1.82, 2.24) is 15.5 Å². The Hall–Kier alpha value is -2.43. The second-order valence-corrected chi connectivity index (χ2v) is 8.21. The van der Waals surface area contributed by atoms with Crippen LogP contribution in [0.1, 0.15) is 61.0 Å². The minimum atomic E-state index is -0.0903. The average molecular weight is 379 g/mol. The number of aromatic nitrogens is 2. The molecule has 2 aromatic rings. The summed E-state index contributed by atoms with van der Waals surface area (Å²) in [5, 5.41) is 11.7. The predicted octanol–water partition coefficient (Wildman–Crippen LogP) is 4.00. The highest BCUT2D eigenvalue weighted by Crippen LogP contribution is 2.24. The van der Waals surface area contributed by atoms with Gasteiger partial charge in [-0.1, -0.05) is 49.6 Å². The maximum Gasteiger partial charge on any atom is 0.272 e. The molecule has 1 N–H and O–H groups in total. The highest BCUT2D eigenvalue weighted by Gasteiger charge is 2.22. The Balaban J connectivity index is 1.28. The van der Waals surface area contributed by atoms with E-state index in [4.69, 9.17) is 0 Å².